The van der Waals surface area contributed by atoms with Crippen molar-refractivity contribution < 1.29 is 13.9 Å². The molecule has 1 fully saturated rings. The van der Waals surface area contributed by atoms with Crippen molar-refractivity contribution >= 4 is 30.7 Å². The van der Waals surface area contributed by atoms with Gasteiger partial charge in [0.1, 0.15) is 11.6 Å². The Hall–Kier alpha value is -1.67. The first-order valence-corrected chi connectivity index (χ1v) is 7.93. The van der Waals surface area contributed by atoms with Gasteiger partial charge in [0.2, 0.25) is 5.91 Å². The molecule has 2 aromatic rings. The molecule has 0 radical (unpaired) electrons. The fraction of sp³-hybridized carbons (Fsp3) is 0.412. The van der Waals surface area contributed by atoms with Crippen LogP contribution in [-0.4, -0.2) is 34.2 Å². The number of carbonyl (C=O) groups excluding carboxylic acids is 1. The second kappa shape index (κ2) is 9.32. The van der Waals surface area contributed by atoms with Gasteiger partial charge in [-0.1, -0.05) is 6.07 Å². The third-order valence-corrected chi connectivity index (χ3v) is 4.39. The average Bonchev–Trinajstić information content (AvgIpc) is 2.99. The third-order valence-electron chi connectivity index (χ3n) is 4.39. The minimum Gasteiger partial charge on any atom is -0.381 e. The van der Waals surface area contributed by atoms with Crippen LogP contribution in [0.1, 0.15) is 24.2 Å². The smallest absolute Gasteiger partial charge is 0.240 e. The molecule has 1 aromatic carbocycles. The van der Waals surface area contributed by atoms with Crippen LogP contribution in [-0.2, 0) is 16.1 Å². The van der Waals surface area contributed by atoms with Gasteiger partial charge in [-0.05, 0) is 37.5 Å². The summed E-state index contributed by atoms with van der Waals surface area (Å²) in [5.41, 5.74) is 6.34. The fourth-order valence-corrected chi connectivity index (χ4v) is 2.81. The van der Waals surface area contributed by atoms with Gasteiger partial charge in [0.15, 0.2) is 0 Å². The molecule has 1 aliphatic heterocycles. The maximum Gasteiger partial charge on any atom is 0.240 e. The summed E-state index contributed by atoms with van der Waals surface area (Å²) >= 11 is 0. The summed E-state index contributed by atoms with van der Waals surface area (Å²) in [6.45, 7) is 3.01. The number of rotatable bonds is 4. The average molecular weight is 405 g/mol. The molecule has 0 saturated carbocycles. The summed E-state index contributed by atoms with van der Waals surface area (Å²) in [7, 11) is 0. The van der Waals surface area contributed by atoms with Crippen LogP contribution >= 0.6 is 24.8 Å². The Morgan fingerprint density at radius 3 is 2.65 bits per heavy atom. The molecule has 3 rings (SSSR count). The number of hydrogen-bond donors (Lipinski definition) is 2. The van der Waals surface area contributed by atoms with E-state index < -0.39 is 5.54 Å². The largest absolute Gasteiger partial charge is 0.381 e. The number of nitrogens with one attached hydrogen (secondary N) is 1. The van der Waals surface area contributed by atoms with E-state index >= 15 is 0 Å². The van der Waals surface area contributed by atoms with Crippen molar-refractivity contribution in [3.63, 3.8) is 0 Å². The van der Waals surface area contributed by atoms with Crippen molar-refractivity contribution in [2.45, 2.75) is 31.8 Å². The number of hydrogen-bond acceptors (Lipinski definition) is 4. The standard InChI is InChI=1S/C17H21FN4O2.2ClH/c1-12-20-6-7-22(12)15-3-2-13(10-14(15)18)11-21-16(23)17(19)4-8-24-9-5-17;;/h2-3,6-7,10H,4-5,8-9,11,19H2,1H3,(H,21,23);2*1H. The van der Waals surface area contributed by atoms with Gasteiger partial charge < -0.3 is 20.4 Å². The minimum atomic E-state index is -0.898. The number of amides is 1. The lowest BCUT2D eigenvalue weighted by Gasteiger charge is -2.31. The molecule has 0 unspecified atom stereocenters. The second-order valence-corrected chi connectivity index (χ2v) is 6.08. The first-order valence-electron chi connectivity index (χ1n) is 7.93. The summed E-state index contributed by atoms with van der Waals surface area (Å²) in [6, 6.07) is 4.88. The van der Waals surface area contributed by atoms with Crippen molar-refractivity contribution in [1.29, 1.82) is 0 Å². The van der Waals surface area contributed by atoms with E-state index in [0.29, 0.717) is 43.1 Å². The quantitative estimate of drug-likeness (QED) is 0.818. The third kappa shape index (κ3) is 4.73. The summed E-state index contributed by atoms with van der Waals surface area (Å²) in [4.78, 5) is 16.4. The number of aryl methyl sites for hydroxylation is 1. The Morgan fingerprint density at radius 1 is 1.38 bits per heavy atom. The van der Waals surface area contributed by atoms with E-state index in [1.165, 1.54) is 6.07 Å². The molecule has 0 aliphatic carbocycles. The van der Waals surface area contributed by atoms with Gasteiger partial charge in [0.05, 0.1) is 11.2 Å². The number of benzene rings is 1. The lowest BCUT2D eigenvalue weighted by Crippen LogP contribution is -2.56. The monoisotopic (exact) mass is 404 g/mol. The molecule has 1 amide bonds. The molecule has 1 aromatic heterocycles. The number of aromatic nitrogens is 2. The topological polar surface area (TPSA) is 82.2 Å². The highest BCUT2D eigenvalue weighted by molar-refractivity contribution is 5.86. The van der Waals surface area contributed by atoms with Crippen LogP contribution in [0.2, 0.25) is 0 Å². The van der Waals surface area contributed by atoms with E-state index in [0.717, 1.165) is 0 Å². The zero-order chi connectivity index (χ0) is 17.2. The predicted molar refractivity (Wildman–Crippen MR) is 102 cm³/mol. The van der Waals surface area contributed by atoms with Crippen LogP contribution in [0.4, 0.5) is 4.39 Å². The first-order chi connectivity index (χ1) is 11.5. The highest BCUT2D eigenvalue weighted by Gasteiger charge is 2.35. The number of imidazole rings is 1. The fourth-order valence-electron chi connectivity index (χ4n) is 2.81. The number of nitrogens with zero attached hydrogens (tertiary/aromatic N) is 2. The van der Waals surface area contributed by atoms with E-state index in [4.69, 9.17) is 10.5 Å². The lowest BCUT2D eigenvalue weighted by atomic mass is 9.90. The molecular formula is C17H23Cl2FN4O2. The van der Waals surface area contributed by atoms with Crippen molar-refractivity contribution in [1.82, 2.24) is 14.9 Å². The molecule has 6 nitrogen and oxygen atoms in total. The Balaban J connectivity index is 0.00000169. The van der Waals surface area contributed by atoms with Crippen LogP contribution in [0.5, 0.6) is 0 Å². The van der Waals surface area contributed by atoms with Gasteiger partial charge in [0.25, 0.3) is 0 Å². The van der Waals surface area contributed by atoms with Crippen molar-refractivity contribution in [2.24, 2.45) is 5.73 Å². The van der Waals surface area contributed by atoms with Crippen LogP contribution in [0.3, 0.4) is 0 Å². The van der Waals surface area contributed by atoms with Gasteiger partial charge in [-0.3, -0.25) is 4.79 Å². The molecule has 0 spiro atoms. The van der Waals surface area contributed by atoms with Gasteiger partial charge in [0, 0.05) is 32.2 Å². The van der Waals surface area contributed by atoms with Crippen LogP contribution < -0.4 is 11.1 Å². The van der Waals surface area contributed by atoms with Crippen molar-refractivity contribution in [2.75, 3.05) is 13.2 Å². The minimum absolute atomic E-state index is 0. The molecule has 144 valence electrons. The van der Waals surface area contributed by atoms with E-state index in [1.807, 2.05) is 6.92 Å². The van der Waals surface area contributed by atoms with Crippen molar-refractivity contribution in [3.8, 4) is 5.69 Å². The number of carbonyl (C=O) groups is 1. The SMILES string of the molecule is Cc1nccn1-c1ccc(CNC(=O)C2(N)CCOCC2)cc1F.Cl.Cl. The van der Waals surface area contributed by atoms with Crippen molar-refractivity contribution in [3.05, 3.63) is 47.8 Å². The van der Waals surface area contributed by atoms with Crippen LogP contribution in [0, 0.1) is 12.7 Å². The molecule has 1 saturated heterocycles. The Kier molecular flexibility index (Phi) is 8.02. The van der Waals surface area contributed by atoms with Gasteiger partial charge in [-0.25, -0.2) is 9.37 Å². The molecular weight excluding hydrogens is 382 g/mol. The molecule has 1 aliphatic rings. The maximum atomic E-state index is 14.3. The molecule has 26 heavy (non-hydrogen) atoms. The zero-order valence-electron chi connectivity index (χ0n) is 14.4. The summed E-state index contributed by atoms with van der Waals surface area (Å²) < 4.78 is 21.3. The Labute approximate surface area is 164 Å². The second-order valence-electron chi connectivity index (χ2n) is 6.08. The molecule has 3 N–H and O–H groups in total. The zero-order valence-corrected chi connectivity index (χ0v) is 16.0. The molecule has 2 heterocycles. The summed E-state index contributed by atoms with van der Waals surface area (Å²) in [5, 5.41) is 2.80. The van der Waals surface area contributed by atoms with E-state index in [9.17, 15) is 9.18 Å². The van der Waals surface area contributed by atoms with E-state index in [-0.39, 0.29) is 43.1 Å². The summed E-state index contributed by atoms with van der Waals surface area (Å²) in [5.74, 6) is 0.122. The number of halogens is 3. The van der Waals surface area contributed by atoms with Gasteiger partial charge in [-0.15, -0.1) is 24.8 Å². The van der Waals surface area contributed by atoms with Gasteiger partial charge in [-0.2, -0.15) is 0 Å². The van der Waals surface area contributed by atoms with E-state index in [2.05, 4.69) is 10.3 Å². The Bertz CT molecular complexity index is 748. The van der Waals surface area contributed by atoms with Crippen LogP contribution in [0.25, 0.3) is 5.69 Å². The first kappa shape index (κ1) is 22.4. The number of ether oxygens (including phenoxy) is 1. The molecule has 9 heteroatoms. The Morgan fingerprint density at radius 2 is 2.08 bits per heavy atom. The molecule has 0 bridgehead atoms. The normalized spacial score (nSPS) is 15.5. The summed E-state index contributed by atoms with van der Waals surface area (Å²) in [6.07, 6.45) is 4.31. The maximum absolute atomic E-state index is 14.3. The predicted octanol–water partition coefficient (Wildman–Crippen LogP) is 2.29. The number of nitrogens with two attached hydrogens (primary N) is 1. The highest BCUT2D eigenvalue weighted by atomic mass is 35.5. The lowest BCUT2D eigenvalue weighted by molar-refractivity contribution is -0.129. The molecule has 0 atom stereocenters. The van der Waals surface area contributed by atoms with Crippen LogP contribution in [0.15, 0.2) is 30.6 Å². The van der Waals surface area contributed by atoms with Gasteiger partial charge >= 0.3 is 0 Å². The highest BCUT2D eigenvalue weighted by Crippen LogP contribution is 2.19. The van der Waals surface area contributed by atoms with E-state index in [1.54, 1.807) is 29.1 Å².